The van der Waals surface area contributed by atoms with E-state index in [1.165, 1.54) is 18.2 Å². The molecule has 1 heterocycles. The maximum Gasteiger partial charge on any atom is 0.252 e. The van der Waals surface area contributed by atoms with E-state index in [9.17, 15) is 14.0 Å². The van der Waals surface area contributed by atoms with Crippen LogP contribution in [0.2, 0.25) is 0 Å². The summed E-state index contributed by atoms with van der Waals surface area (Å²) in [4.78, 5) is 26.0. The first-order valence-corrected chi connectivity index (χ1v) is 8.49. The normalized spacial score (nSPS) is 15.5. The van der Waals surface area contributed by atoms with Crippen LogP contribution in [0.3, 0.4) is 0 Å². The summed E-state index contributed by atoms with van der Waals surface area (Å²) >= 11 is 3.22. The van der Waals surface area contributed by atoms with Gasteiger partial charge in [-0.2, -0.15) is 0 Å². The lowest BCUT2D eigenvalue weighted by Gasteiger charge is -2.31. The molecule has 2 N–H and O–H groups in total. The summed E-state index contributed by atoms with van der Waals surface area (Å²) in [6, 6.07) is 4.41. The molecule has 0 saturated carbocycles. The summed E-state index contributed by atoms with van der Waals surface area (Å²) in [6.07, 6.45) is 2.15. The highest BCUT2D eigenvalue weighted by atomic mass is 79.9. The molecule has 1 aromatic carbocycles. The minimum Gasteiger partial charge on any atom is -0.351 e. The summed E-state index contributed by atoms with van der Waals surface area (Å²) in [5.74, 6) is -0.821. The fraction of sp³-hybridized carbons (Fsp3) is 0.500. The molecule has 2 amide bonds. The average Bonchev–Trinajstić information content (AvgIpc) is 2.56. The summed E-state index contributed by atoms with van der Waals surface area (Å²) in [7, 11) is 1.93. The lowest BCUT2D eigenvalue weighted by molar-refractivity contribution is -0.132. The number of carbonyl (C=O) groups is 2. The molecule has 0 atom stereocenters. The Morgan fingerprint density at radius 1 is 1.35 bits per heavy atom. The van der Waals surface area contributed by atoms with Gasteiger partial charge in [0.15, 0.2) is 0 Å². The topological polar surface area (TPSA) is 61.4 Å². The Morgan fingerprint density at radius 2 is 2.04 bits per heavy atom. The molecule has 1 aliphatic rings. The van der Waals surface area contributed by atoms with Crippen LogP contribution in [-0.2, 0) is 4.79 Å². The maximum absolute atomic E-state index is 13.2. The predicted octanol–water partition coefficient (Wildman–Crippen LogP) is 1.92. The fourth-order valence-electron chi connectivity index (χ4n) is 2.63. The highest BCUT2D eigenvalue weighted by Crippen LogP contribution is 2.17. The van der Waals surface area contributed by atoms with Crippen LogP contribution in [0.1, 0.15) is 29.6 Å². The molecule has 126 valence electrons. The maximum atomic E-state index is 13.2. The van der Waals surface area contributed by atoms with Crippen molar-refractivity contribution in [2.75, 3.05) is 26.7 Å². The Hall–Kier alpha value is -1.47. The molecule has 0 bridgehead atoms. The fourth-order valence-corrected chi connectivity index (χ4v) is 3.05. The Morgan fingerprint density at radius 3 is 2.70 bits per heavy atom. The van der Waals surface area contributed by atoms with Crippen molar-refractivity contribution in [2.45, 2.75) is 25.3 Å². The number of nitrogens with one attached hydrogen (secondary N) is 2. The van der Waals surface area contributed by atoms with E-state index in [2.05, 4.69) is 26.6 Å². The van der Waals surface area contributed by atoms with Crippen molar-refractivity contribution in [1.29, 1.82) is 0 Å². The lowest BCUT2D eigenvalue weighted by atomic mass is 10.1. The van der Waals surface area contributed by atoms with E-state index in [-0.39, 0.29) is 24.4 Å². The van der Waals surface area contributed by atoms with Crippen molar-refractivity contribution in [3.05, 3.63) is 34.1 Å². The van der Waals surface area contributed by atoms with E-state index in [0.29, 0.717) is 10.5 Å². The average molecular weight is 386 g/mol. The van der Waals surface area contributed by atoms with Crippen LogP contribution in [0, 0.1) is 5.82 Å². The third-order valence-electron chi connectivity index (χ3n) is 4.05. The first-order valence-electron chi connectivity index (χ1n) is 7.69. The first-order chi connectivity index (χ1) is 11.0. The van der Waals surface area contributed by atoms with Crippen LogP contribution in [0.25, 0.3) is 0 Å². The van der Waals surface area contributed by atoms with Gasteiger partial charge < -0.3 is 15.5 Å². The van der Waals surface area contributed by atoms with Crippen LogP contribution >= 0.6 is 15.9 Å². The smallest absolute Gasteiger partial charge is 0.252 e. The first kappa shape index (κ1) is 17.9. The minimum atomic E-state index is -0.471. The molecule has 0 aliphatic carbocycles. The number of piperidine rings is 1. The van der Waals surface area contributed by atoms with Gasteiger partial charge in [0.25, 0.3) is 5.91 Å². The van der Waals surface area contributed by atoms with Crippen molar-refractivity contribution in [3.8, 4) is 0 Å². The highest BCUT2D eigenvalue weighted by Gasteiger charge is 2.21. The van der Waals surface area contributed by atoms with Gasteiger partial charge in [-0.1, -0.05) is 0 Å². The Bertz CT molecular complexity index is 574. The Balaban J connectivity index is 1.77. The number of rotatable bonds is 5. The second-order valence-electron chi connectivity index (χ2n) is 5.57. The van der Waals surface area contributed by atoms with E-state index >= 15 is 0 Å². The minimum absolute atomic E-state index is 0.0400. The standard InChI is InChI=1S/C16H21BrFN3O2/c1-19-12-5-8-21(9-6-12)15(22)4-7-20-16(23)13-10-11(18)2-3-14(13)17/h2-3,10,12,19H,4-9H2,1H3,(H,20,23). The van der Waals surface area contributed by atoms with Crippen molar-refractivity contribution in [2.24, 2.45) is 0 Å². The molecular formula is C16H21BrFN3O2. The highest BCUT2D eigenvalue weighted by molar-refractivity contribution is 9.10. The molecule has 5 nitrogen and oxygen atoms in total. The molecule has 7 heteroatoms. The van der Waals surface area contributed by atoms with Gasteiger partial charge in [0, 0.05) is 36.6 Å². The molecule has 0 radical (unpaired) electrons. The lowest BCUT2D eigenvalue weighted by Crippen LogP contribution is -2.44. The van der Waals surface area contributed by atoms with Crippen molar-refractivity contribution in [3.63, 3.8) is 0 Å². The number of nitrogens with zero attached hydrogens (tertiary/aromatic N) is 1. The van der Waals surface area contributed by atoms with E-state index in [1.807, 2.05) is 11.9 Å². The van der Waals surface area contributed by atoms with E-state index in [4.69, 9.17) is 0 Å². The molecule has 0 unspecified atom stereocenters. The number of benzene rings is 1. The van der Waals surface area contributed by atoms with Crippen molar-refractivity contribution < 1.29 is 14.0 Å². The van der Waals surface area contributed by atoms with Gasteiger partial charge in [0.05, 0.1) is 5.56 Å². The van der Waals surface area contributed by atoms with Crippen molar-refractivity contribution >= 4 is 27.7 Å². The molecule has 23 heavy (non-hydrogen) atoms. The summed E-state index contributed by atoms with van der Waals surface area (Å²) in [6.45, 7) is 1.73. The number of hydrogen-bond acceptors (Lipinski definition) is 3. The van der Waals surface area contributed by atoms with Gasteiger partial charge in [-0.3, -0.25) is 9.59 Å². The SMILES string of the molecule is CNC1CCN(C(=O)CCNC(=O)c2cc(F)ccc2Br)CC1. The zero-order chi connectivity index (χ0) is 16.8. The van der Waals surface area contributed by atoms with Crippen molar-refractivity contribution in [1.82, 2.24) is 15.5 Å². The number of hydrogen-bond donors (Lipinski definition) is 2. The van der Waals surface area contributed by atoms with Gasteiger partial charge in [-0.15, -0.1) is 0 Å². The summed E-state index contributed by atoms with van der Waals surface area (Å²) in [5.41, 5.74) is 0.229. The van der Waals surface area contributed by atoms with Gasteiger partial charge in [-0.05, 0) is 54.0 Å². The molecule has 1 aromatic rings. The van der Waals surface area contributed by atoms with Crippen LogP contribution in [-0.4, -0.2) is 49.4 Å². The van der Waals surface area contributed by atoms with Gasteiger partial charge in [-0.25, -0.2) is 4.39 Å². The number of carbonyl (C=O) groups excluding carboxylic acids is 2. The molecule has 1 fully saturated rings. The van der Waals surface area contributed by atoms with E-state index in [0.717, 1.165) is 25.9 Å². The molecule has 0 aromatic heterocycles. The number of halogens is 2. The van der Waals surface area contributed by atoms with Crippen LogP contribution in [0.4, 0.5) is 4.39 Å². The molecule has 1 aliphatic heterocycles. The molecule has 0 spiro atoms. The Labute approximate surface area is 143 Å². The van der Waals surface area contributed by atoms with Gasteiger partial charge in [0.1, 0.15) is 5.82 Å². The van der Waals surface area contributed by atoms with E-state index in [1.54, 1.807) is 0 Å². The zero-order valence-electron chi connectivity index (χ0n) is 13.1. The van der Waals surface area contributed by atoms with Gasteiger partial charge in [0.2, 0.25) is 5.91 Å². The summed E-state index contributed by atoms with van der Waals surface area (Å²) in [5, 5.41) is 5.88. The van der Waals surface area contributed by atoms with Crippen LogP contribution < -0.4 is 10.6 Å². The summed E-state index contributed by atoms with van der Waals surface area (Å²) < 4.78 is 13.7. The molecular weight excluding hydrogens is 365 g/mol. The third kappa shape index (κ3) is 5.00. The van der Waals surface area contributed by atoms with Gasteiger partial charge >= 0.3 is 0 Å². The zero-order valence-corrected chi connectivity index (χ0v) is 14.7. The Kier molecular flexibility index (Phi) is 6.53. The third-order valence-corrected chi connectivity index (χ3v) is 4.74. The second kappa shape index (κ2) is 8.40. The second-order valence-corrected chi connectivity index (χ2v) is 6.43. The predicted molar refractivity (Wildman–Crippen MR) is 89.7 cm³/mol. The monoisotopic (exact) mass is 385 g/mol. The van der Waals surface area contributed by atoms with E-state index < -0.39 is 11.7 Å². The molecule has 2 rings (SSSR count). The molecule has 1 saturated heterocycles. The van der Waals surface area contributed by atoms with Crippen LogP contribution in [0.15, 0.2) is 22.7 Å². The number of likely N-dealkylation sites (tertiary alicyclic amines) is 1. The quantitative estimate of drug-likeness (QED) is 0.813. The number of amides is 2. The van der Waals surface area contributed by atoms with Crippen LogP contribution in [0.5, 0.6) is 0 Å². The largest absolute Gasteiger partial charge is 0.351 e.